The second-order valence-corrected chi connectivity index (χ2v) is 6.58. The molecule has 0 fully saturated rings. The number of hydrogen-bond acceptors (Lipinski definition) is 6. The van der Waals surface area contributed by atoms with Gasteiger partial charge in [-0.1, -0.05) is 35.4 Å². The van der Waals surface area contributed by atoms with Crippen molar-refractivity contribution in [3.8, 4) is 11.4 Å². The highest BCUT2D eigenvalue weighted by Crippen LogP contribution is 2.26. The summed E-state index contributed by atoms with van der Waals surface area (Å²) in [4.78, 5) is 4.37. The Balaban J connectivity index is 1.75. The highest BCUT2D eigenvalue weighted by Gasteiger charge is 2.14. The first kappa shape index (κ1) is 17.0. The second-order valence-electron chi connectivity index (χ2n) is 5.20. The van der Waals surface area contributed by atoms with Crippen molar-refractivity contribution < 1.29 is 4.52 Å². The number of rotatable bonds is 7. The molecular weight excluding hydrogens is 346 g/mol. The van der Waals surface area contributed by atoms with Crippen LogP contribution in [0.5, 0.6) is 0 Å². The molecule has 0 aliphatic rings. The van der Waals surface area contributed by atoms with Crippen LogP contribution in [0.4, 0.5) is 0 Å². The summed E-state index contributed by atoms with van der Waals surface area (Å²) in [5.41, 5.74) is 0.991. The Morgan fingerprint density at radius 2 is 1.96 bits per heavy atom. The maximum atomic E-state index is 5.95. The molecule has 0 amide bonds. The van der Waals surface area contributed by atoms with E-state index in [4.69, 9.17) is 16.1 Å². The number of aryl methyl sites for hydroxylation is 1. The van der Waals surface area contributed by atoms with E-state index in [0.29, 0.717) is 22.5 Å². The summed E-state index contributed by atoms with van der Waals surface area (Å²) in [7, 11) is 0. The third-order valence-corrected chi connectivity index (χ3v) is 4.65. The average Bonchev–Trinajstić information content (AvgIpc) is 3.20. The molecule has 6 nitrogen and oxygen atoms in total. The Kier molecular flexibility index (Phi) is 5.52. The van der Waals surface area contributed by atoms with E-state index in [0.717, 1.165) is 35.9 Å². The fourth-order valence-electron chi connectivity index (χ4n) is 2.29. The van der Waals surface area contributed by atoms with Gasteiger partial charge < -0.3 is 9.09 Å². The van der Waals surface area contributed by atoms with Gasteiger partial charge in [0.1, 0.15) is 0 Å². The second kappa shape index (κ2) is 7.81. The Hall–Kier alpha value is -1.86. The van der Waals surface area contributed by atoms with Crippen LogP contribution in [0.2, 0.25) is 5.02 Å². The maximum Gasteiger partial charge on any atom is 0.226 e. The van der Waals surface area contributed by atoms with Gasteiger partial charge in [-0.15, -0.1) is 10.2 Å². The first-order chi connectivity index (χ1) is 11.7. The molecule has 2 aromatic heterocycles. The Morgan fingerprint density at radius 1 is 1.17 bits per heavy atom. The fraction of sp³-hybridized carbons (Fsp3) is 0.375. The van der Waals surface area contributed by atoms with Gasteiger partial charge in [0.15, 0.2) is 16.8 Å². The maximum absolute atomic E-state index is 5.95. The number of halogens is 1. The minimum absolute atomic E-state index is 0.603. The average molecular weight is 364 g/mol. The van der Waals surface area contributed by atoms with E-state index >= 15 is 0 Å². The molecule has 1 aromatic carbocycles. The molecule has 0 aliphatic heterocycles. The smallest absolute Gasteiger partial charge is 0.226 e. The van der Waals surface area contributed by atoms with Crippen molar-refractivity contribution in [1.82, 2.24) is 24.9 Å². The number of hydrogen-bond donors (Lipinski definition) is 0. The van der Waals surface area contributed by atoms with Crippen LogP contribution in [0.1, 0.15) is 32.0 Å². The molecule has 0 unspecified atom stereocenters. The molecule has 0 N–H and O–H groups in total. The van der Waals surface area contributed by atoms with E-state index in [-0.39, 0.29) is 0 Å². The van der Waals surface area contributed by atoms with E-state index in [1.54, 1.807) is 11.8 Å². The van der Waals surface area contributed by atoms with Crippen LogP contribution in [-0.4, -0.2) is 24.9 Å². The van der Waals surface area contributed by atoms with E-state index in [1.165, 1.54) is 0 Å². The highest BCUT2D eigenvalue weighted by atomic mass is 35.5. The van der Waals surface area contributed by atoms with Crippen LogP contribution in [0.15, 0.2) is 33.9 Å². The zero-order chi connectivity index (χ0) is 16.9. The standard InChI is InChI=1S/C16H18ClN5OS/c1-3-5-14-18-13(21-23-14)10-24-16-20-19-15(22(16)4-2)11-6-8-12(17)9-7-11/h6-9H,3-5,10H2,1-2H3. The summed E-state index contributed by atoms with van der Waals surface area (Å²) in [5.74, 6) is 2.80. The van der Waals surface area contributed by atoms with E-state index in [2.05, 4.69) is 38.8 Å². The molecule has 0 aliphatic carbocycles. The summed E-state index contributed by atoms with van der Waals surface area (Å²) in [6.07, 6.45) is 1.80. The third-order valence-electron chi connectivity index (χ3n) is 3.44. The summed E-state index contributed by atoms with van der Waals surface area (Å²) in [6, 6.07) is 7.60. The molecule has 0 saturated heterocycles. The van der Waals surface area contributed by atoms with Crippen LogP contribution >= 0.6 is 23.4 Å². The van der Waals surface area contributed by atoms with Crippen molar-refractivity contribution in [3.05, 3.63) is 41.0 Å². The summed E-state index contributed by atoms with van der Waals surface area (Å²) in [6.45, 7) is 4.93. The van der Waals surface area contributed by atoms with Crippen LogP contribution in [-0.2, 0) is 18.7 Å². The predicted octanol–water partition coefficient (Wildman–Crippen LogP) is 4.25. The monoisotopic (exact) mass is 363 g/mol. The zero-order valence-corrected chi connectivity index (χ0v) is 15.1. The van der Waals surface area contributed by atoms with Gasteiger partial charge in [-0.3, -0.25) is 0 Å². The topological polar surface area (TPSA) is 69.6 Å². The van der Waals surface area contributed by atoms with Crippen LogP contribution in [0, 0.1) is 0 Å². The lowest BCUT2D eigenvalue weighted by atomic mass is 10.2. The molecule has 0 radical (unpaired) electrons. The van der Waals surface area contributed by atoms with Gasteiger partial charge in [0.05, 0.1) is 5.75 Å². The molecule has 0 spiro atoms. The van der Waals surface area contributed by atoms with Crippen LogP contribution in [0.25, 0.3) is 11.4 Å². The SMILES string of the molecule is CCCc1nc(CSc2nnc(-c3ccc(Cl)cc3)n2CC)no1. The van der Waals surface area contributed by atoms with Crippen LogP contribution in [0.3, 0.4) is 0 Å². The normalized spacial score (nSPS) is 11.1. The van der Waals surface area contributed by atoms with Gasteiger partial charge in [0.2, 0.25) is 5.89 Å². The van der Waals surface area contributed by atoms with Gasteiger partial charge in [0.25, 0.3) is 0 Å². The van der Waals surface area contributed by atoms with Gasteiger partial charge in [0, 0.05) is 23.6 Å². The first-order valence-electron chi connectivity index (χ1n) is 7.84. The molecule has 0 atom stereocenters. The lowest BCUT2D eigenvalue weighted by Crippen LogP contribution is -2.00. The van der Waals surface area contributed by atoms with Gasteiger partial charge in [-0.2, -0.15) is 4.98 Å². The molecular formula is C16H18ClN5OS. The van der Waals surface area contributed by atoms with Crippen molar-refractivity contribution in [1.29, 1.82) is 0 Å². The summed E-state index contributed by atoms with van der Waals surface area (Å²) >= 11 is 7.50. The molecule has 3 rings (SSSR count). The summed E-state index contributed by atoms with van der Waals surface area (Å²) < 4.78 is 7.28. The number of nitrogens with zero attached hydrogens (tertiary/aromatic N) is 5. The van der Waals surface area contributed by atoms with Gasteiger partial charge in [-0.25, -0.2) is 0 Å². The molecule has 24 heavy (non-hydrogen) atoms. The summed E-state index contributed by atoms with van der Waals surface area (Å²) in [5, 5.41) is 14.2. The van der Waals surface area contributed by atoms with E-state index in [9.17, 15) is 0 Å². The molecule has 2 heterocycles. The quantitative estimate of drug-likeness (QED) is 0.584. The molecule has 0 saturated carbocycles. The van der Waals surface area contributed by atoms with E-state index < -0.39 is 0 Å². The molecule has 0 bridgehead atoms. The van der Waals surface area contributed by atoms with Crippen LogP contribution < -0.4 is 0 Å². The largest absolute Gasteiger partial charge is 0.339 e. The number of thioether (sulfide) groups is 1. The Morgan fingerprint density at radius 3 is 2.67 bits per heavy atom. The molecule has 8 heteroatoms. The minimum atomic E-state index is 0.603. The number of benzene rings is 1. The van der Waals surface area contributed by atoms with E-state index in [1.807, 2.05) is 24.3 Å². The van der Waals surface area contributed by atoms with Gasteiger partial charge in [-0.05, 0) is 37.6 Å². The highest BCUT2D eigenvalue weighted by molar-refractivity contribution is 7.98. The number of aromatic nitrogens is 5. The van der Waals surface area contributed by atoms with Crippen molar-refractivity contribution in [2.24, 2.45) is 0 Å². The minimum Gasteiger partial charge on any atom is -0.339 e. The van der Waals surface area contributed by atoms with Crippen molar-refractivity contribution in [2.75, 3.05) is 0 Å². The lowest BCUT2D eigenvalue weighted by Gasteiger charge is -2.06. The Labute approximate surface area is 149 Å². The molecule has 3 aromatic rings. The van der Waals surface area contributed by atoms with Crippen molar-refractivity contribution >= 4 is 23.4 Å². The van der Waals surface area contributed by atoms with Gasteiger partial charge >= 0.3 is 0 Å². The fourth-order valence-corrected chi connectivity index (χ4v) is 3.26. The Bertz CT molecular complexity index is 799. The first-order valence-corrected chi connectivity index (χ1v) is 9.21. The third kappa shape index (κ3) is 3.79. The van der Waals surface area contributed by atoms with Crippen molar-refractivity contribution in [3.63, 3.8) is 0 Å². The van der Waals surface area contributed by atoms with Crippen molar-refractivity contribution in [2.45, 2.75) is 44.1 Å². The predicted molar refractivity (Wildman–Crippen MR) is 94.0 cm³/mol. The molecule has 126 valence electrons. The zero-order valence-electron chi connectivity index (χ0n) is 13.6. The lowest BCUT2D eigenvalue weighted by molar-refractivity contribution is 0.373.